The average molecular weight is 445 g/mol. The lowest BCUT2D eigenvalue weighted by molar-refractivity contribution is -0.137. The third-order valence-electron chi connectivity index (χ3n) is 5.72. The Bertz CT molecular complexity index is 1160. The second kappa shape index (κ2) is 9.56. The van der Waals surface area contributed by atoms with E-state index in [4.69, 9.17) is 9.47 Å². The van der Waals surface area contributed by atoms with E-state index in [1.807, 2.05) is 48.5 Å². The topological polar surface area (TPSA) is 102 Å². The summed E-state index contributed by atoms with van der Waals surface area (Å²) in [7, 11) is 1.26. The summed E-state index contributed by atoms with van der Waals surface area (Å²) in [5.74, 6) is -1.75. The molecule has 0 spiro atoms. The van der Waals surface area contributed by atoms with Crippen LogP contribution in [0.1, 0.15) is 45.4 Å². The molecule has 0 fully saturated rings. The van der Waals surface area contributed by atoms with Crippen molar-refractivity contribution in [3.63, 3.8) is 0 Å². The van der Waals surface area contributed by atoms with E-state index in [9.17, 15) is 19.5 Å². The fraction of sp³-hybridized carbons (Fsp3) is 0.192. The predicted molar refractivity (Wildman–Crippen MR) is 121 cm³/mol. The van der Waals surface area contributed by atoms with Crippen molar-refractivity contribution in [3.8, 4) is 11.1 Å². The molecule has 168 valence electrons. The molecule has 0 aromatic heterocycles. The van der Waals surface area contributed by atoms with Gasteiger partial charge in [0.2, 0.25) is 0 Å². The number of carbonyl (C=O) groups excluding carboxylic acids is 2. The monoisotopic (exact) mass is 445 g/mol. The number of ether oxygens (including phenoxy) is 2. The van der Waals surface area contributed by atoms with E-state index in [0.717, 1.165) is 22.3 Å². The van der Waals surface area contributed by atoms with Crippen molar-refractivity contribution in [1.29, 1.82) is 0 Å². The van der Waals surface area contributed by atoms with Crippen LogP contribution < -0.4 is 5.32 Å². The van der Waals surface area contributed by atoms with E-state index >= 15 is 0 Å². The van der Waals surface area contributed by atoms with Crippen LogP contribution in [0.2, 0.25) is 0 Å². The molecule has 1 amide bonds. The second-order valence-corrected chi connectivity index (χ2v) is 7.74. The molecule has 7 heteroatoms. The van der Waals surface area contributed by atoms with Gasteiger partial charge in [-0.15, -0.1) is 0 Å². The van der Waals surface area contributed by atoms with Gasteiger partial charge in [-0.05, 0) is 39.9 Å². The van der Waals surface area contributed by atoms with Gasteiger partial charge in [0.15, 0.2) is 0 Å². The summed E-state index contributed by atoms with van der Waals surface area (Å²) in [5, 5.41) is 11.9. The number of alkyl carbamates (subject to hydrolysis) is 1. The van der Waals surface area contributed by atoms with Crippen molar-refractivity contribution in [2.45, 2.75) is 18.4 Å². The Kier molecular flexibility index (Phi) is 6.40. The minimum Gasteiger partial charge on any atom is -0.481 e. The van der Waals surface area contributed by atoms with Crippen LogP contribution in [-0.4, -0.2) is 36.9 Å². The van der Waals surface area contributed by atoms with E-state index in [2.05, 4.69) is 5.32 Å². The van der Waals surface area contributed by atoms with E-state index in [1.54, 1.807) is 18.2 Å². The van der Waals surface area contributed by atoms with E-state index in [-0.39, 0.29) is 24.5 Å². The summed E-state index contributed by atoms with van der Waals surface area (Å²) in [4.78, 5) is 35.9. The minimum atomic E-state index is -1.09. The Labute approximate surface area is 191 Å². The largest absolute Gasteiger partial charge is 0.481 e. The zero-order chi connectivity index (χ0) is 23.4. The Morgan fingerprint density at radius 1 is 0.939 bits per heavy atom. The molecule has 1 atom stereocenters. The van der Waals surface area contributed by atoms with Gasteiger partial charge in [-0.1, -0.05) is 60.7 Å². The van der Waals surface area contributed by atoms with Crippen LogP contribution >= 0.6 is 0 Å². The maximum atomic E-state index is 12.6. The zero-order valence-electron chi connectivity index (χ0n) is 18.0. The van der Waals surface area contributed by atoms with Crippen LogP contribution in [0.15, 0.2) is 72.8 Å². The summed E-state index contributed by atoms with van der Waals surface area (Å²) in [5.41, 5.74) is 5.13. The fourth-order valence-electron chi connectivity index (χ4n) is 4.21. The molecule has 0 bridgehead atoms. The van der Waals surface area contributed by atoms with Crippen LogP contribution in [0.4, 0.5) is 4.79 Å². The number of hydrogen-bond donors (Lipinski definition) is 2. The van der Waals surface area contributed by atoms with Gasteiger partial charge in [0.1, 0.15) is 6.61 Å². The van der Waals surface area contributed by atoms with Crippen LogP contribution in [0.3, 0.4) is 0 Å². The number of hydrogen-bond acceptors (Lipinski definition) is 5. The van der Waals surface area contributed by atoms with Gasteiger partial charge in [-0.25, -0.2) is 9.59 Å². The molecule has 7 nitrogen and oxygen atoms in total. The number of esters is 1. The maximum absolute atomic E-state index is 12.6. The molecule has 3 aromatic carbocycles. The number of aliphatic carboxylic acids is 1. The Morgan fingerprint density at radius 2 is 1.58 bits per heavy atom. The SMILES string of the molecule is COC(=O)c1cccc(C(CC(=O)O)NC(=O)OCC2c3ccccc3-c3ccccc32)c1. The summed E-state index contributed by atoms with van der Waals surface area (Å²) in [6, 6.07) is 21.4. The fourth-order valence-corrected chi connectivity index (χ4v) is 4.21. The minimum absolute atomic E-state index is 0.108. The van der Waals surface area contributed by atoms with Crippen LogP contribution in [0.5, 0.6) is 0 Å². The molecular formula is C26H23NO6. The molecule has 4 rings (SSSR count). The highest BCUT2D eigenvalue weighted by atomic mass is 16.5. The van der Waals surface area contributed by atoms with Crippen LogP contribution in [0, 0.1) is 0 Å². The summed E-state index contributed by atoms with van der Waals surface area (Å²) in [6.07, 6.45) is -1.10. The standard InChI is InChI=1S/C26H23NO6/c1-32-25(30)17-8-6-7-16(13-17)23(14-24(28)29)27-26(31)33-15-22-20-11-4-2-9-18(20)19-10-3-5-12-21(19)22/h2-13,22-23H,14-15H2,1H3,(H,27,31)(H,28,29). The number of rotatable bonds is 7. The van der Waals surface area contributed by atoms with Crippen LogP contribution in [-0.2, 0) is 14.3 Å². The molecule has 3 aromatic rings. The van der Waals surface area contributed by atoms with Crippen LogP contribution in [0.25, 0.3) is 11.1 Å². The van der Waals surface area contributed by atoms with Crippen molar-refractivity contribution >= 4 is 18.0 Å². The van der Waals surface area contributed by atoms with Gasteiger partial charge in [0.05, 0.1) is 25.1 Å². The smallest absolute Gasteiger partial charge is 0.407 e. The molecule has 0 saturated carbocycles. The van der Waals surface area contributed by atoms with E-state index in [0.29, 0.717) is 5.56 Å². The number of carboxylic acids is 1. The first-order valence-electron chi connectivity index (χ1n) is 10.5. The molecule has 1 unspecified atom stereocenters. The van der Waals surface area contributed by atoms with E-state index in [1.165, 1.54) is 13.2 Å². The number of nitrogens with one attached hydrogen (secondary N) is 1. The molecule has 1 aliphatic carbocycles. The van der Waals surface area contributed by atoms with Gasteiger partial charge < -0.3 is 19.9 Å². The van der Waals surface area contributed by atoms with Crippen molar-refractivity contribution < 1.29 is 29.0 Å². The number of fused-ring (bicyclic) bond motifs is 3. The maximum Gasteiger partial charge on any atom is 0.407 e. The highest BCUT2D eigenvalue weighted by Gasteiger charge is 2.29. The predicted octanol–water partition coefficient (Wildman–Crippen LogP) is 4.53. The Morgan fingerprint density at radius 3 is 2.18 bits per heavy atom. The average Bonchev–Trinajstić information content (AvgIpc) is 3.15. The highest BCUT2D eigenvalue weighted by Crippen LogP contribution is 2.44. The molecule has 1 aliphatic rings. The summed E-state index contributed by atoms with van der Waals surface area (Å²) < 4.78 is 10.3. The summed E-state index contributed by atoms with van der Waals surface area (Å²) >= 11 is 0. The lowest BCUT2D eigenvalue weighted by Crippen LogP contribution is -2.31. The third-order valence-corrected chi connectivity index (χ3v) is 5.72. The Hall–Kier alpha value is -4.13. The van der Waals surface area contributed by atoms with Gasteiger partial charge in [0, 0.05) is 5.92 Å². The first-order valence-corrected chi connectivity index (χ1v) is 10.5. The quantitative estimate of drug-likeness (QED) is 0.518. The lowest BCUT2D eigenvalue weighted by Gasteiger charge is -2.19. The number of carboxylic acid groups (broad SMARTS) is 1. The Balaban J connectivity index is 1.49. The molecule has 0 saturated heterocycles. The van der Waals surface area contributed by atoms with Gasteiger partial charge in [-0.3, -0.25) is 4.79 Å². The first kappa shape index (κ1) is 22.1. The molecular weight excluding hydrogens is 422 g/mol. The number of carbonyl (C=O) groups is 3. The normalized spacial score (nSPS) is 12.9. The third kappa shape index (κ3) is 4.72. The summed E-state index contributed by atoms with van der Waals surface area (Å²) in [6.45, 7) is 0.113. The van der Waals surface area contributed by atoms with Gasteiger partial charge >= 0.3 is 18.0 Å². The van der Waals surface area contributed by atoms with Crippen molar-refractivity contribution in [2.75, 3.05) is 13.7 Å². The second-order valence-electron chi connectivity index (χ2n) is 7.74. The van der Waals surface area contributed by atoms with Crippen molar-refractivity contribution in [3.05, 3.63) is 95.1 Å². The van der Waals surface area contributed by atoms with Gasteiger partial charge in [-0.2, -0.15) is 0 Å². The van der Waals surface area contributed by atoms with Crippen molar-refractivity contribution in [2.24, 2.45) is 0 Å². The zero-order valence-corrected chi connectivity index (χ0v) is 18.0. The lowest BCUT2D eigenvalue weighted by atomic mass is 9.98. The molecule has 0 aliphatic heterocycles. The molecule has 0 heterocycles. The van der Waals surface area contributed by atoms with Gasteiger partial charge in [0.25, 0.3) is 0 Å². The molecule has 2 N–H and O–H groups in total. The first-order chi connectivity index (χ1) is 16.0. The van der Waals surface area contributed by atoms with E-state index < -0.39 is 24.1 Å². The number of methoxy groups -OCH3 is 1. The molecule has 33 heavy (non-hydrogen) atoms. The number of amides is 1. The highest BCUT2D eigenvalue weighted by molar-refractivity contribution is 5.89. The number of benzene rings is 3. The molecule has 0 radical (unpaired) electrons. The van der Waals surface area contributed by atoms with Crippen molar-refractivity contribution in [1.82, 2.24) is 5.32 Å².